The molecule has 0 heteroatoms. The number of hydrogen-bond donors (Lipinski definition) is 0. The maximum atomic E-state index is 2.26. The lowest BCUT2D eigenvalue weighted by atomic mass is 10.3. The van der Waals surface area contributed by atoms with E-state index >= 15 is 0 Å². The molecule has 0 atom stereocenters. The van der Waals surface area contributed by atoms with Crippen LogP contribution in [-0.4, -0.2) is 0 Å². The van der Waals surface area contributed by atoms with Crippen LogP contribution in [-0.2, 0) is 0 Å². The van der Waals surface area contributed by atoms with E-state index in [1.54, 1.807) is 0 Å². The van der Waals surface area contributed by atoms with Crippen LogP contribution in [0.25, 0.3) is 0 Å². The lowest BCUT2D eigenvalue weighted by Crippen LogP contribution is -1.61. The molecule has 0 aromatic heterocycles. The zero-order valence-electron chi connectivity index (χ0n) is 4.07. The van der Waals surface area contributed by atoms with Crippen LogP contribution in [0.15, 0.2) is 11.6 Å². The van der Waals surface area contributed by atoms with Crippen LogP contribution in [0.1, 0.15) is 19.8 Å². The first kappa shape index (κ1) is 3.91. The zero-order chi connectivity index (χ0) is 4.41. The molecule has 1 aliphatic carbocycles. The lowest BCUT2D eigenvalue weighted by molar-refractivity contribution is 1.12. The highest BCUT2D eigenvalue weighted by Gasteiger charge is 2.03. The van der Waals surface area contributed by atoms with Crippen molar-refractivity contribution in [3.63, 3.8) is 0 Å². The van der Waals surface area contributed by atoms with E-state index in [4.69, 9.17) is 0 Å². The lowest BCUT2D eigenvalue weighted by Gasteiger charge is -1.78. The van der Waals surface area contributed by atoms with E-state index in [0.717, 1.165) is 0 Å². The first-order valence-corrected chi connectivity index (χ1v) is 2.45. The van der Waals surface area contributed by atoms with Gasteiger partial charge in [0.25, 0.3) is 0 Å². The summed E-state index contributed by atoms with van der Waals surface area (Å²) < 4.78 is 0. The van der Waals surface area contributed by atoms with Gasteiger partial charge in [0.2, 0.25) is 0 Å². The molecule has 0 unspecified atom stereocenters. The first-order valence-electron chi connectivity index (χ1n) is 2.45. The van der Waals surface area contributed by atoms with E-state index in [-0.39, 0.29) is 0 Å². The second-order valence-corrected chi connectivity index (χ2v) is 1.60. The topological polar surface area (TPSA) is 0 Å². The van der Waals surface area contributed by atoms with Crippen LogP contribution in [0, 0.1) is 6.42 Å². The van der Waals surface area contributed by atoms with E-state index in [0.29, 0.717) is 0 Å². The minimum atomic E-state index is 1.20. The van der Waals surface area contributed by atoms with Crippen molar-refractivity contribution in [2.24, 2.45) is 0 Å². The average molecular weight is 81.1 g/mol. The van der Waals surface area contributed by atoms with Gasteiger partial charge in [-0.15, -0.1) is 0 Å². The SMILES string of the molecule is CC[CH]C1=CC1. The maximum absolute atomic E-state index is 2.26. The molecule has 0 bridgehead atoms. The van der Waals surface area contributed by atoms with Crippen molar-refractivity contribution in [3.05, 3.63) is 18.1 Å². The van der Waals surface area contributed by atoms with Crippen molar-refractivity contribution in [2.45, 2.75) is 19.8 Å². The van der Waals surface area contributed by atoms with Gasteiger partial charge in [-0.2, -0.15) is 0 Å². The fourth-order valence-electron chi connectivity index (χ4n) is 0.488. The van der Waals surface area contributed by atoms with Crippen molar-refractivity contribution in [2.75, 3.05) is 0 Å². The number of allylic oxidation sites excluding steroid dienone is 2. The van der Waals surface area contributed by atoms with Gasteiger partial charge < -0.3 is 0 Å². The van der Waals surface area contributed by atoms with E-state index in [2.05, 4.69) is 19.4 Å². The minimum Gasteiger partial charge on any atom is -0.0806 e. The van der Waals surface area contributed by atoms with Gasteiger partial charge in [-0.3, -0.25) is 0 Å². The van der Waals surface area contributed by atoms with Gasteiger partial charge >= 0.3 is 0 Å². The monoisotopic (exact) mass is 81.1 g/mol. The van der Waals surface area contributed by atoms with Gasteiger partial charge in [0, 0.05) is 0 Å². The van der Waals surface area contributed by atoms with Crippen LogP contribution in [0.2, 0.25) is 0 Å². The Balaban J connectivity index is 2.02. The quantitative estimate of drug-likeness (QED) is 0.476. The van der Waals surface area contributed by atoms with Gasteiger partial charge in [-0.1, -0.05) is 18.6 Å². The summed E-state index contributed by atoms with van der Waals surface area (Å²) in [7, 11) is 0. The molecule has 1 rings (SSSR count). The third kappa shape index (κ3) is 0.852. The Morgan fingerprint density at radius 3 is 2.83 bits per heavy atom. The minimum absolute atomic E-state index is 1.20. The molecule has 0 amide bonds. The van der Waals surface area contributed by atoms with Crippen molar-refractivity contribution in [3.8, 4) is 0 Å². The Bertz CT molecular complexity index is 70.1. The van der Waals surface area contributed by atoms with Crippen molar-refractivity contribution >= 4 is 0 Å². The molecule has 1 aliphatic rings. The summed E-state index contributed by atoms with van der Waals surface area (Å²) >= 11 is 0. The Morgan fingerprint density at radius 1 is 2.00 bits per heavy atom. The molecule has 0 saturated heterocycles. The molecule has 0 aromatic rings. The summed E-state index contributed by atoms with van der Waals surface area (Å²) in [5, 5.41) is 0. The van der Waals surface area contributed by atoms with Gasteiger partial charge in [0.05, 0.1) is 0 Å². The van der Waals surface area contributed by atoms with Gasteiger partial charge in [-0.05, 0) is 19.3 Å². The maximum Gasteiger partial charge on any atom is -0.0133 e. The smallest absolute Gasteiger partial charge is 0.0133 e. The third-order valence-electron chi connectivity index (χ3n) is 0.906. The highest BCUT2D eigenvalue weighted by Crippen LogP contribution is 2.21. The molecule has 0 aliphatic heterocycles. The molecule has 0 N–H and O–H groups in total. The van der Waals surface area contributed by atoms with Crippen LogP contribution in [0.3, 0.4) is 0 Å². The van der Waals surface area contributed by atoms with Crippen LogP contribution >= 0.6 is 0 Å². The summed E-state index contributed by atoms with van der Waals surface area (Å²) in [5.74, 6) is 0. The second-order valence-electron chi connectivity index (χ2n) is 1.60. The summed E-state index contributed by atoms with van der Waals surface area (Å²) in [6, 6.07) is 0. The van der Waals surface area contributed by atoms with E-state index < -0.39 is 0 Å². The molecule has 0 aromatic carbocycles. The number of hydrogen-bond acceptors (Lipinski definition) is 0. The summed E-state index contributed by atoms with van der Waals surface area (Å²) in [6.07, 6.45) is 6.96. The Kier molecular flexibility index (Phi) is 0.952. The molecular weight excluding hydrogens is 72.1 g/mol. The van der Waals surface area contributed by atoms with Crippen LogP contribution < -0.4 is 0 Å². The third-order valence-corrected chi connectivity index (χ3v) is 0.906. The molecule has 0 spiro atoms. The van der Waals surface area contributed by atoms with E-state index in [1.165, 1.54) is 18.4 Å². The predicted octanol–water partition coefficient (Wildman–Crippen LogP) is 1.93. The van der Waals surface area contributed by atoms with Gasteiger partial charge in [0.15, 0.2) is 0 Å². The Labute approximate surface area is 38.9 Å². The highest BCUT2D eigenvalue weighted by atomic mass is 14.1. The van der Waals surface area contributed by atoms with Gasteiger partial charge in [0.1, 0.15) is 0 Å². The zero-order valence-corrected chi connectivity index (χ0v) is 4.07. The number of rotatable bonds is 2. The van der Waals surface area contributed by atoms with Crippen molar-refractivity contribution < 1.29 is 0 Å². The molecule has 6 heavy (non-hydrogen) atoms. The van der Waals surface area contributed by atoms with Crippen LogP contribution in [0.4, 0.5) is 0 Å². The molecule has 33 valence electrons. The fraction of sp³-hybridized carbons (Fsp3) is 0.500. The molecule has 0 saturated carbocycles. The summed E-state index contributed by atoms with van der Waals surface area (Å²) in [4.78, 5) is 0. The van der Waals surface area contributed by atoms with Gasteiger partial charge in [-0.25, -0.2) is 0 Å². The van der Waals surface area contributed by atoms with E-state index in [9.17, 15) is 0 Å². The standard InChI is InChI=1S/C6H9/c1-2-3-6-4-5-6/h3-4H,2,5H2,1H3. The largest absolute Gasteiger partial charge is 0.0806 e. The van der Waals surface area contributed by atoms with Crippen LogP contribution in [0.5, 0.6) is 0 Å². The second kappa shape index (κ2) is 1.46. The summed E-state index contributed by atoms with van der Waals surface area (Å²) in [5.41, 5.74) is 1.54. The van der Waals surface area contributed by atoms with Crippen molar-refractivity contribution in [1.82, 2.24) is 0 Å². The molecule has 1 radical (unpaired) electrons. The molecular formula is C6H9. The predicted molar refractivity (Wildman–Crippen MR) is 27.3 cm³/mol. The molecule has 0 nitrogen and oxygen atoms in total. The van der Waals surface area contributed by atoms with E-state index in [1.807, 2.05) is 0 Å². The molecule has 0 fully saturated rings. The first-order chi connectivity index (χ1) is 2.93. The Morgan fingerprint density at radius 2 is 2.67 bits per heavy atom. The normalized spacial score (nSPS) is 17.2. The Hall–Kier alpha value is -0.260. The summed E-state index contributed by atoms with van der Waals surface area (Å²) in [6.45, 7) is 2.17. The average Bonchev–Trinajstić information content (AvgIpc) is 2.21. The molecule has 0 heterocycles. The highest BCUT2D eigenvalue weighted by molar-refractivity contribution is 5.29. The fourth-order valence-corrected chi connectivity index (χ4v) is 0.488. The van der Waals surface area contributed by atoms with Crippen molar-refractivity contribution in [1.29, 1.82) is 0 Å².